The molecule has 0 bridgehead atoms. The number of aromatic amines is 1. The van der Waals surface area contributed by atoms with Crippen LogP contribution in [0.25, 0.3) is 0 Å². The molecule has 2 aromatic heterocycles. The molecule has 0 aromatic carbocycles. The van der Waals surface area contributed by atoms with E-state index in [2.05, 4.69) is 10.1 Å². The van der Waals surface area contributed by atoms with Crippen LogP contribution in [0.3, 0.4) is 0 Å². The Kier molecular flexibility index (Phi) is 4.03. The highest BCUT2D eigenvalue weighted by atomic mass is 32.1. The van der Waals surface area contributed by atoms with Gasteiger partial charge in [-0.1, -0.05) is 11.2 Å². The Hall–Kier alpha value is -2.21. The molecule has 5 nitrogen and oxygen atoms in total. The third-order valence-corrected chi connectivity index (χ3v) is 3.01. The molecular formula is C12H12N3O2S+. The van der Waals surface area contributed by atoms with E-state index in [-0.39, 0.29) is 12.3 Å². The number of aromatic nitrogens is 1. The van der Waals surface area contributed by atoms with Crippen LogP contribution in [0.1, 0.15) is 10.6 Å². The van der Waals surface area contributed by atoms with Crippen molar-refractivity contribution in [3.63, 3.8) is 0 Å². The summed E-state index contributed by atoms with van der Waals surface area (Å²) >= 11 is 1.50. The van der Waals surface area contributed by atoms with Gasteiger partial charge in [0.15, 0.2) is 6.20 Å². The Labute approximate surface area is 108 Å². The minimum atomic E-state index is -0.434. The molecule has 18 heavy (non-hydrogen) atoms. The number of oxime groups is 1. The highest BCUT2D eigenvalue weighted by molar-refractivity contribution is 7.10. The molecule has 0 saturated heterocycles. The third-order valence-electron chi connectivity index (χ3n) is 2.13. The molecule has 0 aliphatic rings. The number of nitrogens with two attached hydrogens (primary N) is 1. The number of carbonyl (C=O) groups excluding carboxylic acids is 1. The van der Waals surface area contributed by atoms with Crippen molar-refractivity contribution < 1.29 is 14.6 Å². The van der Waals surface area contributed by atoms with Crippen molar-refractivity contribution in [3.8, 4) is 0 Å². The second-order valence-corrected chi connectivity index (χ2v) is 4.50. The molecule has 0 atom stereocenters. The maximum Gasteiger partial charge on any atom is 0.340 e. The first-order chi connectivity index (χ1) is 8.75. The van der Waals surface area contributed by atoms with Crippen LogP contribution >= 0.6 is 11.3 Å². The lowest BCUT2D eigenvalue weighted by Crippen LogP contribution is -2.24. The van der Waals surface area contributed by atoms with Crippen LogP contribution < -0.4 is 10.7 Å². The Morgan fingerprint density at radius 3 is 2.94 bits per heavy atom. The number of nitrogens with one attached hydrogen (secondary N) is 1. The van der Waals surface area contributed by atoms with Crippen LogP contribution in [0.15, 0.2) is 47.1 Å². The van der Waals surface area contributed by atoms with E-state index < -0.39 is 5.97 Å². The largest absolute Gasteiger partial charge is 0.375 e. The molecule has 2 aromatic rings. The third kappa shape index (κ3) is 3.39. The first-order valence-electron chi connectivity index (χ1n) is 5.28. The molecule has 0 unspecified atom stereocenters. The maximum atomic E-state index is 11.5. The van der Waals surface area contributed by atoms with Crippen molar-refractivity contribution >= 4 is 23.1 Å². The lowest BCUT2D eigenvalue weighted by Gasteiger charge is -1.96. The van der Waals surface area contributed by atoms with Crippen LogP contribution in [0.2, 0.25) is 0 Å². The Balaban J connectivity index is 1.92. The lowest BCUT2D eigenvalue weighted by molar-refractivity contribution is -0.380. The van der Waals surface area contributed by atoms with E-state index in [0.717, 1.165) is 4.88 Å². The van der Waals surface area contributed by atoms with Crippen molar-refractivity contribution in [2.45, 2.75) is 6.42 Å². The quantitative estimate of drug-likeness (QED) is 0.386. The summed E-state index contributed by atoms with van der Waals surface area (Å²) in [5.41, 5.74) is 6.26. The molecule has 0 amide bonds. The average molecular weight is 262 g/mol. The van der Waals surface area contributed by atoms with Gasteiger partial charge in [0.05, 0.1) is 6.42 Å². The summed E-state index contributed by atoms with van der Waals surface area (Å²) in [4.78, 5) is 20.0. The molecule has 0 aliphatic carbocycles. The highest BCUT2D eigenvalue weighted by Gasteiger charge is 2.09. The minimum Gasteiger partial charge on any atom is -0.375 e. The fraction of sp³-hybridized carbons (Fsp3) is 0.0833. The monoisotopic (exact) mass is 262 g/mol. The predicted octanol–water partition coefficient (Wildman–Crippen LogP) is 0.968. The zero-order valence-electron chi connectivity index (χ0n) is 9.50. The van der Waals surface area contributed by atoms with E-state index in [1.807, 2.05) is 29.6 Å². The van der Waals surface area contributed by atoms with Gasteiger partial charge in [-0.2, -0.15) is 0 Å². The molecule has 6 heteroatoms. The van der Waals surface area contributed by atoms with Gasteiger partial charge in [0.25, 0.3) is 0 Å². The summed E-state index contributed by atoms with van der Waals surface area (Å²) in [7, 11) is 0. The zero-order chi connectivity index (χ0) is 12.8. The van der Waals surface area contributed by atoms with Gasteiger partial charge in [0.1, 0.15) is 0 Å². The van der Waals surface area contributed by atoms with E-state index in [9.17, 15) is 4.79 Å². The van der Waals surface area contributed by atoms with E-state index >= 15 is 0 Å². The van der Waals surface area contributed by atoms with E-state index in [0.29, 0.717) is 5.69 Å². The number of amidine groups is 1. The molecule has 0 spiro atoms. The van der Waals surface area contributed by atoms with Gasteiger partial charge in [-0.15, -0.1) is 11.3 Å². The summed E-state index contributed by atoms with van der Waals surface area (Å²) in [6.45, 7) is 0. The van der Waals surface area contributed by atoms with Crippen molar-refractivity contribution in [2.75, 3.05) is 0 Å². The standard InChI is InChI=1S/C12H11N3O2S/c13-12(10-5-1-2-6-14-10)15-17-11(16)8-9-4-3-7-18-9/h1-7H,8H2,(H2,13,15)/p+1. The first kappa shape index (κ1) is 12.3. The van der Waals surface area contributed by atoms with Crippen molar-refractivity contribution in [1.29, 1.82) is 0 Å². The maximum absolute atomic E-state index is 11.5. The molecule has 0 aliphatic heterocycles. The summed E-state index contributed by atoms with van der Waals surface area (Å²) in [5.74, 6) is -0.300. The zero-order valence-corrected chi connectivity index (χ0v) is 10.3. The highest BCUT2D eigenvalue weighted by Crippen LogP contribution is 2.09. The summed E-state index contributed by atoms with van der Waals surface area (Å²) < 4.78 is 0. The van der Waals surface area contributed by atoms with Crippen molar-refractivity contribution in [1.82, 2.24) is 0 Å². The van der Waals surface area contributed by atoms with Crippen molar-refractivity contribution in [3.05, 3.63) is 52.5 Å². The topological polar surface area (TPSA) is 78.8 Å². The predicted molar refractivity (Wildman–Crippen MR) is 67.8 cm³/mol. The molecule has 92 valence electrons. The molecule has 0 radical (unpaired) electrons. The van der Waals surface area contributed by atoms with Gasteiger partial charge in [-0.3, -0.25) is 0 Å². The SMILES string of the molecule is NC(=NOC(=O)Cc1cccs1)c1cccc[nH+]1. The molecular weight excluding hydrogens is 250 g/mol. The molecule has 2 heterocycles. The number of rotatable bonds is 4. The first-order valence-corrected chi connectivity index (χ1v) is 6.16. The number of pyridine rings is 1. The lowest BCUT2D eigenvalue weighted by atomic mass is 10.3. The summed E-state index contributed by atoms with van der Waals surface area (Å²) in [6, 6.07) is 9.11. The smallest absolute Gasteiger partial charge is 0.340 e. The Bertz CT molecular complexity index is 538. The van der Waals surface area contributed by atoms with Crippen LogP contribution in [0.4, 0.5) is 0 Å². The number of hydrogen-bond acceptors (Lipinski definition) is 4. The van der Waals surface area contributed by atoms with Gasteiger partial charge >= 0.3 is 5.97 Å². The van der Waals surface area contributed by atoms with Gasteiger partial charge < -0.3 is 10.6 Å². The number of nitrogens with zero attached hydrogens (tertiary/aromatic N) is 1. The average Bonchev–Trinajstić information content (AvgIpc) is 2.90. The molecule has 2 rings (SSSR count). The van der Waals surface area contributed by atoms with E-state index in [4.69, 9.17) is 10.6 Å². The molecule has 3 N–H and O–H groups in total. The second kappa shape index (κ2) is 5.92. The van der Waals surface area contributed by atoms with E-state index in [1.54, 1.807) is 12.3 Å². The van der Waals surface area contributed by atoms with Crippen LogP contribution in [-0.4, -0.2) is 11.8 Å². The van der Waals surface area contributed by atoms with Crippen molar-refractivity contribution in [2.24, 2.45) is 10.9 Å². The fourth-order valence-electron chi connectivity index (χ4n) is 1.29. The van der Waals surface area contributed by atoms with Crippen LogP contribution in [0.5, 0.6) is 0 Å². The summed E-state index contributed by atoms with van der Waals surface area (Å²) in [5, 5.41) is 5.50. The van der Waals surface area contributed by atoms with Gasteiger partial charge in [-0.25, -0.2) is 9.78 Å². The van der Waals surface area contributed by atoms with Gasteiger partial charge in [-0.05, 0) is 17.5 Å². The van der Waals surface area contributed by atoms with Crippen LogP contribution in [0, 0.1) is 0 Å². The molecule has 0 fully saturated rings. The fourth-order valence-corrected chi connectivity index (χ4v) is 1.98. The number of carbonyl (C=O) groups is 1. The second-order valence-electron chi connectivity index (χ2n) is 3.47. The Morgan fingerprint density at radius 2 is 2.28 bits per heavy atom. The van der Waals surface area contributed by atoms with Crippen LogP contribution in [-0.2, 0) is 16.1 Å². The minimum absolute atomic E-state index is 0.134. The van der Waals surface area contributed by atoms with Gasteiger partial charge in [0.2, 0.25) is 11.5 Å². The number of hydrogen-bond donors (Lipinski definition) is 1. The number of thiophene rings is 1. The molecule has 0 saturated carbocycles. The summed E-state index contributed by atoms with van der Waals surface area (Å²) in [6.07, 6.45) is 1.91. The van der Waals surface area contributed by atoms with E-state index in [1.165, 1.54) is 11.3 Å². The normalized spacial score (nSPS) is 11.2. The number of H-pyrrole nitrogens is 1. The van der Waals surface area contributed by atoms with Gasteiger partial charge in [0, 0.05) is 17.0 Å². The Morgan fingerprint density at radius 1 is 1.39 bits per heavy atom.